The molecule has 0 unspecified atom stereocenters. The minimum absolute atomic E-state index is 0.151. The first-order valence-electron chi connectivity index (χ1n) is 6.91. The van der Waals surface area contributed by atoms with Crippen LogP contribution >= 0.6 is 34.8 Å². The van der Waals surface area contributed by atoms with Gasteiger partial charge in [0.1, 0.15) is 5.15 Å². The van der Waals surface area contributed by atoms with Crippen molar-refractivity contribution in [1.82, 2.24) is 14.8 Å². The van der Waals surface area contributed by atoms with Crippen molar-refractivity contribution in [3.8, 4) is 0 Å². The van der Waals surface area contributed by atoms with Crippen molar-refractivity contribution in [2.45, 2.75) is 6.54 Å². The molecule has 3 rings (SSSR count). The zero-order valence-corrected chi connectivity index (χ0v) is 14.5. The molecule has 2 heterocycles. The number of benzene rings is 1. The van der Waals surface area contributed by atoms with Gasteiger partial charge in [0.2, 0.25) is 0 Å². The number of amides is 1. The molecule has 0 bridgehead atoms. The zero-order valence-electron chi connectivity index (χ0n) is 12.2. The molecule has 3 aromatic rings. The van der Waals surface area contributed by atoms with Gasteiger partial charge in [-0.05, 0) is 29.8 Å². The highest BCUT2D eigenvalue weighted by Crippen LogP contribution is 2.23. The summed E-state index contributed by atoms with van der Waals surface area (Å²) in [6, 6.07) is 8.62. The van der Waals surface area contributed by atoms with Gasteiger partial charge in [-0.25, -0.2) is 4.98 Å². The van der Waals surface area contributed by atoms with E-state index in [-0.39, 0.29) is 11.1 Å². The van der Waals surface area contributed by atoms with Crippen LogP contribution in [0, 0.1) is 0 Å². The Balaban J connectivity index is 1.70. The van der Waals surface area contributed by atoms with Crippen molar-refractivity contribution in [3.05, 3.63) is 75.2 Å². The van der Waals surface area contributed by atoms with Crippen LogP contribution in [-0.2, 0) is 6.54 Å². The Morgan fingerprint density at radius 2 is 2.00 bits per heavy atom. The van der Waals surface area contributed by atoms with Crippen LogP contribution in [-0.4, -0.2) is 20.7 Å². The Morgan fingerprint density at radius 1 is 1.17 bits per heavy atom. The van der Waals surface area contributed by atoms with Crippen LogP contribution in [0.1, 0.15) is 15.9 Å². The molecular weight excluding hydrogens is 371 g/mol. The number of aromatic nitrogens is 3. The fourth-order valence-corrected chi connectivity index (χ4v) is 2.62. The average Bonchev–Trinajstić information content (AvgIpc) is 2.98. The van der Waals surface area contributed by atoms with Gasteiger partial charge >= 0.3 is 0 Å². The summed E-state index contributed by atoms with van der Waals surface area (Å²) in [5, 5.41) is 8.08. The Labute approximate surface area is 153 Å². The fourth-order valence-electron chi connectivity index (χ4n) is 2.09. The molecule has 1 amide bonds. The summed E-state index contributed by atoms with van der Waals surface area (Å²) < 4.78 is 1.68. The van der Waals surface area contributed by atoms with Crippen molar-refractivity contribution >= 4 is 46.4 Å². The molecule has 0 atom stereocenters. The van der Waals surface area contributed by atoms with Crippen LogP contribution in [0.15, 0.2) is 48.9 Å². The van der Waals surface area contributed by atoms with E-state index in [1.54, 1.807) is 41.3 Å². The average molecular weight is 382 g/mol. The van der Waals surface area contributed by atoms with Crippen molar-refractivity contribution in [1.29, 1.82) is 0 Å². The predicted octanol–water partition coefficient (Wildman–Crippen LogP) is 4.54. The SMILES string of the molecule is O=C(Nc1cnn(Cc2ccc(Cl)c(Cl)c2)c1)c1cccnc1Cl. The highest BCUT2D eigenvalue weighted by molar-refractivity contribution is 6.42. The normalized spacial score (nSPS) is 10.6. The lowest BCUT2D eigenvalue weighted by Crippen LogP contribution is -2.12. The van der Waals surface area contributed by atoms with Crippen molar-refractivity contribution in [3.63, 3.8) is 0 Å². The largest absolute Gasteiger partial charge is 0.319 e. The second-order valence-corrected chi connectivity index (χ2v) is 6.14. The fraction of sp³-hybridized carbons (Fsp3) is 0.0625. The van der Waals surface area contributed by atoms with E-state index >= 15 is 0 Å². The molecule has 0 fully saturated rings. The Kier molecular flexibility index (Phi) is 5.04. The number of hydrogen-bond acceptors (Lipinski definition) is 3. The maximum atomic E-state index is 12.2. The predicted molar refractivity (Wildman–Crippen MR) is 95.0 cm³/mol. The lowest BCUT2D eigenvalue weighted by atomic mass is 10.2. The number of halogens is 3. The summed E-state index contributed by atoms with van der Waals surface area (Å²) >= 11 is 17.8. The molecule has 0 saturated heterocycles. The topological polar surface area (TPSA) is 59.8 Å². The van der Waals surface area contributed by atoms with Crippen LogP contribution in [0.3, 0.4) is 0 Å². The van der Waals surface area contributed by atoms with Gasteiger partial charge < -0.3 is 5.32 Å². The molecular formula is C16H11Cl3N4O. The number of rotatable bonds is 4. The van der Waals surface area contributed by atoms with Gasteiger partial charge in [-0.15, -0.1) is 0 Å². The molecule has 0 aliphatic rings. The summed E-state index contributed by atoms with van der Waals surface area (Å²) in [4.78, 5) is 16.1. The van der Waals surface area contributed by atoms with Crippen molar-refractivity contribution in [2.24, 2.45) is 0 Å². The third-order valence-electron chi connectivity index (χ3n) is 3.22. The molecule has 1 N–H and O–H groups in total. The monoisotopic (exact) mass is 380 g/mol. The molecule has 0 aliphatic carbocycles. The van der Waals surface area contributed by atoms with Crippen LogP contribution in [0.2, 0.25) is 15.2 Å². The van der Waals surface area contributed by atoms with E-state index in [9.17, 15) is 4.79 Å². The van der Waals surface area contributed by atoms with E-state index in [4.69, 9.17) is 34.8 Å². The van der Waals surface area contributed by atoms with E-state index < -0.39 is 0 Å². The first-order chi connectivity index (χ1) is 11.5. The third kappa shape index (κ3) is 3.87. The number of carbonyl (C=O) groups is 1. The second-order valence-electron chi connectivity index (χ2n) is 4.97. The zero-order chi connectivity index (χ0) is 17.1. The number of hydrogen-bond donors (Lipinski definition) is 1. The van der Waals surface area contributed by atoms with E-state index in [1.165, 1.54) is 6.20 Å². The summed E-state index contributed by atoms with van der Waals surface area (Å²) in [6.45, 7) is 0.500. The maximum absolute atomic E-state index is 12.2. The minimum atomic E-state index is -0.345. The molecule has 5 nitrogen and oxygen atoms in total. The van der Waals surface area contributed by atoms with Gasteiger partial charge in [0.05, 0.1) is 34.0 Å². The third-order valence-corrected chi connectivity index (χ3v) is 4.26. The van der Waals surface area contributed by atoms with Crippen molar-refractivity contribution in [2.75, 3.05) is 5.32 Å². The summed E-state index contributed by atoms with van der Waals surface area (Å²) in [5.74, 6) is -0.345. The molecule has 24 heavy (non-hydrogen) atoms. The minimum Gasteiger partial charge on any atom is -0.319 e. The van der Waals surface area contributed by atoms with Crippen LogP contribution in [0.5, 0.6) is 0 Å². The molecule has 2 aromatic heterocycles. The molecule has 0 saturated carbocycles. The number of carbonyl (C=O) groups excluding carboxylic acids is 1. The Morgan fingerprint density at radius 3 is 2.75 bits per heavy atom. The van der Waals surface area contributed by atoms with Gasteiger partial charge in [-0.1, -0.05) is 40.9 Å². The van der Waals surface area contributed by atoms with Crippen LogP contribution in [0.4, 0.5) is 5.69 Å². The molecule has 8 heteroatoms. The molecule has 0 radical (unpaired) electrons. The highest BCUT2D eigenvalue weighted by atomic mass is 35.5. The van der Waals surface area contributed by atoms with E-state index in [0.717, 1.165) is 5.56 Å². The second kappa shape index (κ2) is 7.21. The van der Waals surface area contributed by atoms with Crippen LogP contribution in [0.25, 0.3) is 0 Å². The van der Waals surface area contributed by atoms with Gasteiger partial charge in [-0.3, -0.25) is 9.48 Å². The smallest absolute Gasteiger partial charge is 0.258 e. The van der Waals surface area contributed by atoms with Gasteiger partial charge in [-0.2, -0.15) is 5.10 Å². The van der Waals surface area contributed by atoms with Gasteiger partial charge in [0, 0.05) is 12.4 Å². The van der Waals surface area contributed by atoms with Crippen LogP contribution < -0.4 is 5.32 Å². The number of anilines is 1. The summed E-state index contributed by atoms with van der Waals surface area (Å²) in [6.07, 6.45) is 4.79. The number of pyridine rings is 1. The molecule has 0 aliphatic heterocycles. The van der Waals surface area contributed by atoms with E-state index in [0.29, 0.717) is 27.8 Å². The quantitative estimate of drug-likeness (QED) is 0.675. The molecule has 1 aromatic carbocycles. The lowest BCUT2D eigenvalue weighted by molar-refractivity contribution is 0.102. The number of nitrogens with one attached hydrogen (secondary N) is 1. The standard InChI is InChI=1S/C16H11Cl3N4O/c17-13-4-3-10(6-14(13)18)8-23-9-11(7-21-23)22-16(24)12-2-1-5-20-15(12)19/h1-7,9H,8H2,(H,22,24). The first kappa shape index (κ1) is 16.8. The Hall–Kier alpha value is -2.08. The summed E-state index contributed by atoms with van der Waals surface area (Å²) in [5.41, 5.74) is 1.80. The molecule has 122 valence electrons. The lowest BCUT2D eigenvalue weighted by Gasteiger charge is -2.04. The Bertz CT molecular complexity index is 895. The maximum Gasteiger partial charge on any atom is 0.258 e. The van der Waals surface area contributed by atoms with Crippen molar-refractivity contribution < 1.29 is 4.79 Å². The van der Waals surface area contributed by atoms with E-state index in [2.05, 4.69) is 15.4 Å². The first-order valence-corrected chi connectivity index (χ1v) is 8.04. The van der Waals surface area contributed by atoms with Gasteiger partial charge in [0.25, 0.3) is 5.91 Å². The highest BCUT2D eigenvalue weighted by Gasteiger charge is 2.12. The summed E-state index contributed by atoms with van der Waals surface area (Å²) in [7, 11) is 0. The number of nitrogens with zero attached hydrogens (tertiary/aromatic N) is 3. The van der Waals surface area contributed by atoms with Gasteiger partial charge in [0.15, 0.2) is 0 Å². The molecule has 0 spiro atoms. The van der Waals surface area contributed by atoms with E-state index in [1.807, 2.05) is 6.07 Å².